The van der Waals surface area contributed by atoms with Crippen molar-refractivity contribution in [2.24, 2.45) is 0 Å². The van der Waals surface area contributed by atoms with Gasteiger partial charge in [-0.1, -0.05) is 11.6 Å². The lowest BCUT2D eigenvalue weighted by Crippen LogP contribution is -2.42. The number of hydrogen-bond donors (Lipinski definition) is 0. The Labute approximate surface area is 104 Å². The van der Waals surface area contributed by atoms with Gasteiger partial charge in [-0.2, -0.15) is 0 Å². The number of esters is 1. The monoisotopic (exact) mass is 256 g/mol. The molecule has 0 unspecified atom stereocenters. The van der Waals surface area contributed by atoms with Gasteiger partial charge < -0.3 is 4.74 Å². The summed E-state index contributed by atoms with van der Waals surface area (Å²) in [6.07, 6.45) is 2.88. The molecule has 0 atom stereocenters. The maximum absolute atomic E-state index is 11.7. The van der Waals surface area contributed by atoms with Crippen molar-refractivity contribution in [2.45, 2.75) is 28.9 Å². The highest BCUT2D eigenvalue weighted by Gasteiger charge is 2.46. The van der Waals surface area contributed by atoms with Crippen molar-refractivity contribution in [3.63, 3.8) is 0 Å². The van der Waals surface area contributed by atoms with Crippen LogP contribution in [0.25, 0.3) is 0 Å². The molecule has 0 N–H and O–H groups in total. The van der Waals surface area contributed by atoms with Crippen LogP contribution >= 0.6 is 23.4 Å². The lowest BCUT2D eigenvalue weighted by Gasteiger charge is -2.38. The third kappa shape index (κ3) is 2.20. The molecule has 1 aliphatic carbocycles. The Bertz CT molecular complexity index is 385. The van der Waals surface area contributed by atoms with Crippen LogP contribution in [0.3, 0.4) is 0 Å². The summed E-state index contributed by atoms with van der Waals surface area (Å²) in [6.45, 7) is 0. The summed E-state index contributed by atoms with van der Waals surface area (Å²) in [5.74, 6) is -0.112. The number of benzene rings is 1. The molecular weight excluding hydrogens is 244 g/mol. The Morgan fingerprint density at radius 2 is 2.00 bits per heavy atom. The van der Waals surface area contributed by atoms with Crippen molar-refractivity contribution in [1.82, 2.24) is 0 Å². The number of ether oxygens (including phenoxy) is 1. The molecule has 1 aromatic rings. The van der Waals surface area contributed by atoms with Crippen molar-refractivity contribution in [3.8, 4) is 0 Å². The third-order valence-electron chi connectivity index (χ3n) is 2.85. The average molecular weight is 257 g/mol. The van der Waals surface area contributed by atoms with Crippen LogP contribution in [0, 0.1) is 0 Å². The number of methoxy groups -OCH3 is 1. The van der Waals surface area contributed by atoms with Crippen molar-refractivity contribution >= 4 is 29.3 Å². The van der Waals surface area contributed by atoms with E-state index in [1.807, 2.05) is 24.3 Å². The highest BCUT2D eigenvalue weighted by Crippen LogP contribution is 2.48. The third-order valence-corrected chi connectivity index (χ3v) is 4.57. The van der Waals surface area contributed by atoms with Gasteiger partial charge in [0, 0.05) is 9.92 Å². The van der Waals surface area contributed by atoms with E-state index in [1.165, 1.54) is 7.11 Å². The van der Waals surface area contributed by atoms with Crippen molar-refractivity contribution in [3.05, 3.63) is 29.3 Å². The number of carbonyl (C=O) groups excluding carboxylic acids is 1. The van der Waals surface area contributed by atoms with Gasteiger partial charge in [0.1, 0.15) is 4.75 Å². The molecule has 0 aliphatic heterocycles. The number of rotatable bonds is 3. The van der Waals surface area contributed by atoms with Gasteiger partial charge in [-0.05, 0) is 43.5 Å². The highest BCUT2D eigenvalue weighted by atomic mass is 35.5. The highest BCUT2D eigenvalue weighted by molar-refractivity contribution is 8.01. The number of carbonyl (C=O) groups is 1. The Balaban J connectivity index is 2.13. The predicted octanol–water partition coefficient (Wildman–Crippen LogP) is 3.53. The Hall–Kier alpha value is -0.670. The summed E-state index contributed by atoms with van der Waals surface area (Å²) in [7, 11) is 1.45. The fraction of sp³-hybridized carbons (Fsp3) is 0.417. The zero-order valence-electron chi connectivity index (χ0n) is 9.03. The molecule has 1 fully saturated rings. The predicted molar refractivity (Wildman–Crippen MR) is 65.9 cm³/mol. The maximum atomic E-state index is 11.7. The fourth-order valence-electron chi connectivity index (χ4n) is 1.76. The minimum atomic E-state index is -0.359. The molecule has 1 saturated carbocycles. The first kappa shape index (κ1) is 11.8. The molecule has 1 aromatic carbocycles. The molecule has 0 saturated heterocycles. The van der Waals surface area contributed by atoms with Gasteiger partial charge in [0.05, 0.1) is 7.11 Å². The van der Waals surface area contributed by atoms with Gasteiger partial charge in [0.2, 0.25) is 0 Å². The maximum Gasteiger partial charge on any atom is 0.322 e. The van der Waals surface area contributed by atoms with Crippen LogP contribution in [-0.4, -0.2) is 17.8 Å². The van der Waals surface area contributed by atoms with Gasteiger partial charge in [-0.3, -0.25) is 4.79 Å². The first-order valence-electron chi connectivity index (χ1n) is 5.19. The van der Waals surface area contributed by atoms with Crippen LogP contribution in [0.5, 0.6) is 0 Å². The summed E-state index contributed by atoms with van der Waals surface area (Å²) >= 11 is 7.41. The summed E-state index contributed by atoms with van der Waals surface area (Å²) in [4.78, 5) is 12.8. The van der Waals surface area contributed by atoms with E-state index in [0.717, 1.165) is 24.2 Å². The van der Waals surface area contributed by atoms with Crippen LogP contribution in [0.1, 0.15) is 19.3 Å². The van der Waals surface area contributed by atoms with Gasteiger partial charge in [0.25, 0.3) is 0 Å². The quantitative estimate of drug-likeness (QED) is 0.774. The zero-order valence-corrected chi connectivity index (χ0v) is 10.6. The smallest absolute Gasteiger partial charge is 0.322 e. The molecule has 0 aromatic heterocycles. The minimum Gasteiger partial charge on any atom is -0.468 e. The van der Waals surface area contributed by atoms with E-state index in [1.54, 1.807) is 11.8 Å². The van der Waals surface area contributed by atoms with Crippen LogP contribution < -0.4 is 0 Å². The topological polar surface area (TPSA) is 26.3 Å². The molecular formula is C12H13ClO2S. The van der Waals surface area contributed by atoms with Gasteiger partial charge in [-0.25, -0.2) is 0 Å². The lowest BCUT2D eigenvalue weighted by molar-refractivity contribution is -0.145. The van der Waals surface area contributed by atoms with Crippen LogP contribution in [-0.2, 0) is 9.53 Å². The summed E-state index contributed by atoms with van der Waals surface area (Å²) in [5, 5.41) is 0.713. The molecule has 2 nitrogen and oxygen atoms in total. The largest absolute Gasteiger partial charge is 0.468 e. The Kier molecular flexibility index (Phi) is 3.45. The van der Waals surface area contributed by atoms with E-state index in [-0.39, 0.29) is 10.7 Å². The fourth-order valence-corrected chi connectivity index (χ4v) is 3.27. The SMILES string of the molecule is COC(=O)C1(Sc2ccc(Cl)cc2)CCC1. The molecule has 0 amide bonds. The van der Waals surface area contributed by atoms with Gasteiger partial charge in [-0.15, -0.1) is 11.8 Å². The summed E-state index contributed by atoms with van der Waals surface area (Å²) < 4.78 is 4.51. The van der Waals surface area contributed by atoms with Crippen LogP contribution in [0.15, 0.2) is 29.2 Å². The van der Waals surface area contributed by atoms with Crippen molar-refractivity contribution < 1.29 is 9.53 Å². The van der Waals surface area contributed by atoms with Gasteiger partial charge in [0.15, 0.2) is 0 Å². The second kappa shape index (κ2) is 4.68. The number of halogens is 1. The molecule has 86 valence electrons. The number of thioether (sulfide) groups is 1. The van der Waals surface area contributed by atoms with Crippen LogP contribution in [0.4, 0.5) is 0 Å². The van der Waals surface area contributed by atoms with E-state index >= 15 is 0 Å². The molecule has 4 heteroatoms. The van der Waals surface area contributed by atoms with E-state index in [0.29, 0.717) is 5.02 Å². The van der Waals surface area contributed by atoms with Crippen LogP contribution in [0.2, 0.25) is 5.02 Å². The second-order valence-electron chi connectivity index (χ2n) is 3.90. The van der Waals surface area contributed by atoms with Gasteiger partial charge >= 0.3 is 5.97 Å². The molecule has 0 spiro atoms. The lowest BCUT2D eigenvalue weighted by atomic mass is 9.84. The van der Waals surface area contributed by atoms with Crippen molar-refractivity contribution in [1.29, 1.82) is 0 Å². The molecule has 16 heavy (non-hydrogen) atoms. The average Bonchev–Trinajstić information content (AvgIpc) is 2.25. The van der Waals surface area contributed by atoms with E-state index in [2.05, 4.69) is 0 Å². The standard InChI is InChI=1S/C12H13ClO2S/c1-15-11(14)12(7-2-8-12)16-10-5-3-9(13)4-6-10/h3-6H,2,7-8H2,1H3. The summed E-state index contributed by atoms with van der Waals surface area (Å²) in [5.41, 5.74) is 0. The normalized spacial score (nSPS) is 17.6. The Morgan fingerprint density at radius 1 is 1.38 bits per heavy atom. The Morgan fingerprint density at radius 3 is 2.44 bits per heavy atom. The molecule has 2 rings (SSSR count). The first-order chi connectivity index (χ1) is 7.66. The second-order valence-corrected chi connectivity index (χ2v) is 5.79. The minimum absolute atomic E-state index is 0.112. The molecule has 0 bridgehead atoms. The van der Waals surface area contributed by atoms with E-state index < -0.39 is 0 Å². The molecule has 0 radical (unpaired) electrons. The van der Waals surface area contributed by atoms with Crippen molar-refractivity contribution in [2.75, 3.05) is 7.11 Å². The zero-order chi connectivity index (χ0) is 11.6. The molecule has 0 heterocycles. The molecule has 1 aliphatic rings. The first-order valence-corrected chi connectivity index (χ1v) is 6.39. The van der Waals surface area contributed by atoms with E-state index in [4.69, 9.17) is 16.3 Å². The summed E-state index contributed by atoms with van der Waals surface area (Å²) in [6, 6.07) is 7.56. The van der Waals surface area contributed by atoms with E-state index in [9.17, 15) is 4.79 Å². The number of hydrogen-bond acceptors (Lipinski definition) is 3.